The summed E-state index contributed by atoms with van der Waals surface area (Å²) < 4.78 is 2.13. The van der Waals surface area contributed by atoms with Crippen LogP contribution in [0.15, 0.2) is 48.5 Å². The molecule has 4 rings (SSSR count). The van der Waals surface area contributed by atoms with Crippen LogP contribution in [0.25, 0.3) is 11.0 Å². The molecule has 0 unspecified atom stereocenters. The summed E-state index contributed by atoms with van der Waals surface area (Å²) >= 11 is 0. The molecule has 0 radical (unpaired) electrons. The van der Waals surface area contributed by atoms with Crippen molar-refractivity contribution in [1.29, 1.82) is 0 Å². The van der Waals surface area contributed by atoms with E-state index in [0.29, 0.717) is 5.52 Å². The molecule has 1 aromatic heterocycles. The Balaban J connectivity index is 1.72. The number of fused-ring (bicyclic) bond motifs is 3. The highest BCUT2D eigenvalue weighted by Gasteiger charge is 2.24. The molecule has 0 saturated heterocycles. The van der Waals surface area contributed by atoms with E-state index < -0.39 is 0 Å². The van der Waals surface area contributed by atoms with E-state index >= 15 is 0 Å². The van der Waals surface area contributed by atoms with Crippen molar-refractivity contribution >= 4 is 22.7 Å². The maximum atomic E-state index is 10.9. The van der Waals surface area contributed by atoms with Gasteiger partial charge in [-0.05, 0) is 11.6 Å². The van der Waals surface area contributed by atoms with Crippen molar-refractivity contribution in [2.45, 2.75) is 13.1 Å². The number of nitro groups is 1. The molecular formula is C16H14N4O2. The second-order valence-corrected chi connectivity index (χ2v) is 5.40. The van der Waals surface area contributed by atoms with Gasteiger partial charge in [-0.15, -0.1) is 0 Å². The summed E-state index contributed by atoms with van der Waals surface area (Å²) in [5.74, 6) is 0.888. The molecule has 110 valence electrons. The molecule has 1 aliphatic heterocycles. The van der Waals surface area contributed by atoms with Gasteiger partial charge in [0.2, 0.25) is 5.95 Å². The fraction of sp³-hybridized carbons (Fsp3) is 0.188. The first-order valence-electron chi connectivity index (χ1n) is 7.16. The highest BCUT2D eigenvalue weighted by molar-refractivity contribution is 5.81. The van der Waals surface area contributed by atoms with Crippen molar-refractivity contribution in [3.63, 3.8) is 0 Å². The van der Waals surface area contributed by atoms with Crippen LogP contribution in [-0.2, 0) is 13.1 Å². The van der Waals surface area contributed by atoms with Gasteiger partial charge >= 0.3 is 0 Å². The molecule has 2 heterocycles. The largest absolute Gasteiger partial charge is 0.336 e. The number of nitro benzene ring substituents is 1. The van der Waals surface area contributed by atoms with Crippen molar-refractivity contribution < 1.29 is 4.92 Å². The summed E-state index contributed by atoms with van der Waals surface area (Å²) in [4.78, 5) is 17.3. The number of nitrogens with zero attached hydrogens (tertiary/aromatic N) is 4. The van der Waals surface area contributed by atoms with Crippen molar-refractivity contribution in [3.05, 3.63) is 64.2 Å². The molecule has 1 aliphatic rings. The van der Waals surface area contributed by atoms with Gasteiger partial charge in [0.25, 0.3) is 5.69 Å². The van der Waals surface area contributed by atoms with E-state index in [1.165, 1.54) is 11.6 Å². The van der Waals surface area contributed by atoms with Crippen LogP contribution >= 0.6 is 0 Å². The highest BCUT2D eigenvalue weighted by atomic mass is 16.6. The lowest BCUT2D eigenvalue weighted by molar-refractivity contribution is -0.384. The van der Waals surface area contributed by atoms with Gasteiger partial charge in [-0.25, -0.2) is 4.98 Å². The maximum absolute atomic E-state index is 10.9. The van der Waals surface area contributed by atoms with Crippen LogP contribution in [0.3, 0.4) is 0 Å². The highest BCUT2D eigenvalue weighted by Crippen LogP contribution is 2.30. The Morgan fingerprint density at radius 3 is 2.73 bits per heavy atom. The minimum Gasteiger partial charge on any atom is -0.336 e. The zero-order valence-electron chi connectivity index (χ0n) is 11.8. The Kier molecular flexibility index (Phi) is 2.82. The van der Waals surface area contributed by atoms with E-state index in [2.05, 4.69) is 26.6 Å². The van der Waals surface area contributed by atoms with Crippen LogP contribution in [0.1, 0.15) is 5.56 Å². The minimum atomic E-state index is -0.383. The van der Waals surface area contributed by atoms with E-state index in [4.69, 9.17) is 0 Å². The molecule has 3 aromatic rings. The molecule has 0 saturated carbocycles. The van der Waals surface area contributed by atoms with Gasteiger partial charge in [0, 0.05) is 31.8 Å². The summed E-state index contributed by atoms with van der Waals surface area (Å²) in [6.07, 6.45) is 0. The fourth-order valence-electron chi connectivity index (χ4n) is 2.96. The SMILES string of the molecule is O=[N+]([O-])c1ccc2c(c1)nc1n2CCN1Cc1ccccc1. The molecule has 0 bridgehead atoms. The smallest absolute Gasteiger partial charge is 0.271 e. The lowest BCUT2D eigenvalue weighted by Crippen LogP contribution is -2.20. The van der Waals surface area contributed by atoms with Gasteiger partial charge < -0.3 is 9.47 Å². The second-order valence-electron chi connectivity index (χ2n) is 5.40. The van der Waals surface area contributed by atoms with Crippen LogP contribution < -0.4 is 4.90 Å². The number of hydrogen-bond donors (Lipinski definition) is 0. The van der Waals surface area contributed by atoms with Gasteiger partial charge in [0.05, 0.1) is 16.0 Å². The lowest BCUT2D eigenvalue weighted by Gasteiger charge is -2.15. The lowest BCUT2D eigenvalue weighted by atomic mass is 10.2. The normalized spacial score (nSPS) is 13.5. The molecule has 0 aliphatic carbocycles. The number of imidazole rings is 1. The number of aromatic nitrogens is 2. The first kappa shape index (κ1) is 12.8. The van der Waals surface area contributed by atoms with Crippen molar-refractivity contribution in [2.24, 2.45) is 0 Å². The number of rotatable bonds is 3. The van der Waals surface area contributed by atoms with Gasteiger partial charge in [-0.3, -0.25) is 10.1 Å². The summed E-state index contributed by atoms with van der Waals surface area (Å²) in [5, 5.41) is 10.9. The molecule has 0 atom stereocenters. The zero-order chi connectivity index (χ0) is 15.1. The predicted molar refractivity (Wildman–Crippen MR) is 83.9 cm³/mol. The number of non-ortho nitro benzene ring substituents is 1. The quantitative estimate of drug-likeness (QED) is 0.550. The van der Waals surface area contributed by atoms with E-state index in [-0.39, 0.29) is 10.6 Å². The van der Waals surface area contributed by atoms with Crippen molar-refractivity contribution in [2.75, 3.05) is 11.4 Å². The Morgan fingerprint density at radius 1 is 1.14 bits per heavy atom. The van der Waals surface area contributed by atoms with Crippen LogP contribution in [0.4, 0.5) is 11.6 Å². The first-order valence-corrected chi connectivity index (χ1v) is 7.16. The number of hydrogen-bond acceptors (Lipinski definition) is 4. The van der Waals surface area contributed by atoms with Crippen LogP contribution in [-0.4, -0.2) is 21.0 Å². The molecule has 2 aromatic carbocycles. The Labute approximate surface area is 126 Å². The van der Waals surface area contributed by atoms with Crippen molar-refractivity contribution in [3.8, 4) is 0 Å². The number of benzene rings is 2. The molecule has 6 heteroatoms. The summed E-state index contributed by atoms with van der Waals surface area (Å²) in [5.41, 5.74) is 2.95. The molecule has 0 amide bonds. The minimum absolute atomic E-state index is 0.0823. The standard InChI is InChI=1S/C16H14N4O2/c21-20(22)13-6-7-15-14(10-13)17-16-18(8-9-19(15)16)11-12-4-2-1-3-5-12/h1-7,10H,8-9,11H2. The molecule has 0 N–H and O–H groups in total. The van der Waals surface area contributed by atoms with Crippen LogP contribution in [0.5, 0.6) is 0 Å². The van der Waals surface area contributed by atoms with Gasteiger partial charge in [-0.1, -0.05) is 30.3 Å². The molecule has 0 fully saturated rings. The number of anilines is 1. The van der Waals surface area contributed by atoms with E-state index in [1.807, 2.05) is 18.2 Å². The third kappa shape index (κ3) is 2.00. The van der Waals surface area contributed by atoms with E-state index in [9.17, 15) is 10.1 Å². The van der Waals surface area contributed by atoms with Crippen LogP contribution in [0, 0.1) is 10.1 Å². The fourth-order valence-corrected chi connectivity index (χ4v) is 2.96. The summed E-state index contributed by atoms with van der Waals surface area (Å²) in [6.45, 7) is 2.56. The molecule has 6 nitrogen and oxygen atoms in total. The second kappa shape index (κ2) is 4.84. The van der Waals surface area contributed by atoms with Gasteiger partial charge in [0.15, 0.2) is 0 Å². The molecule has 0 spiro atoms. The monoisotopic (exact) mass is 294 g/mol. The van der Waals surface area contributed by atoms with Crippen molar-refractivity contribution in [1.82, 2.24) is 9.55 Å². The third-order valence-electron chi connectivity index (χ3n) is 4.02. The average Bonchev–Trinajstić information content (AvgIpc) is 3.07. The Hall–Kier alpha value is -2.89. The first-order chi connectivity index (χ1) is 10.7. The van der Waals surface area contributed by atoms with Gasteiger partial charge in [-0.2, -0.15) is 0 Å². The Bertz CT molecular complexity index is 857. The zero-order valence-corrected chi connectivity index (χ0v) is 11.8. The summed E-state index contributed by atoms with van der Waals surface area (Å²) in [6, 6.07) is 15.1. The maximum Gasteiger partial charge on any atom is 0.271 e. The van der Waals surface area contributed by atoms with Gasteiger partial charge in [0.1, 0.15) is 0 Å². The molecular weight excluding hydrogens is 280 g/mol. The van der Waals surface area contributed by atoms with Crippen LogP contribution in [0.2, 0.25) is 0 Å². The van der Waals surface area contributed by atoms with E-state index in [1.54, 1.807) is 12.1 Å². The molecule has 22 heavy (non-hydrogen) atoms. The summed E-state index contributed by atoms with van der Waals surface area (Å²) in [7, 11) is 0. The topological polar surface area (TPSA) is 64.2 Å². The predicted octanol–water partition coefficient (Wildman–Crippen LogP) is 2.96. The third-order valence-corrected chi connectivity index (χ3v) is 4.02. The van der Waals surface area contributed by atoms with E-state index in [0.717, 1.165) is 31.1 Å². The average molecular weight is 294 g/mol. The Morgan fingerprint density at radius 2 is 1.95 bits per heavy atom.